The van der Waals surface area contributed by atoms with E-state index in [0.29, 0.717) is 0 Å². The van der Waals surface area contributed by atoms with Crippen molar-refractivity contribution in [2.45, 2.75) is 0 Å². The molecule has 0 aliphatic carbocycles. The molecule has 0 saturated carbocycles. The molecule has 0 aromatic heterocycles. The molecule has 0 spiro atoms. The molecule has 0 atom stereocenters. The zero-order chi connectivity index (χ0) is 3.58. The summed E-state index contributed by atoms with van der Waals surface area (Å²) in [5.74, 6) is 0. The first kappa shape index (κ1) is 9.36. The van der Waals surface area contributed by atoms with Gasteiger partial charge in [-0.3, -0.25) is 0 Å². The quantitative estimate of drug-likeness (QED) is 0.419. The third kappa shape index (κ3) is 46.7. The minimum Gasteiger partial charge on any atom is -0.321 e. The van der Waals surface area contributed by atoms with Crippen LogP contribution in [0.3, 0.4) is 0 Å². The van der Waals surface area contributed by atoms with Crippen LogP contribution in [0.1, 0.15) is 0 Å². The summed E-state index contributed by atoms with van der Waals surface area (Å²) >= 11 is 0. The smallest absolute Gasteiger partial charge is 0.282 e. The van der Waals surface area contributed by atoms with E-state index in [1.807, 2.05) is 0 Å². The van der Waals surface area contributed by atoms with Crippen molar-refractivity contribution in [1.29, 1.82) is 0 Å². The fourth-order valence-corrected chi connectivity index (χ4v) is 0. The SMILES string of the molecule is [O-][Cl+2]([O-])O.[Sn]. The van der Waals surface area contributed by atoms with Crippen molar-refractivity contribution >= 4 is 23.9 Å². The monoisotopic (exact) mass is 204 g/mol. The summed E-state index contributed by atoms with van der Waals surface area (Å²) in [4.78, 5) is 0. The van der Waals surface area contributed by atoms with Gasteiger partial charge in [-0.05, 0) is 0 Å². The molecule has 0 amide bonds. The van der Waals surface area contributed by atoms with Gasteiger partial charge in [-0.15, -0.1) is 0 Å². The molecule has 0 unspecified atom stereocenters. The topological polar surface area (TPSA) is 66.3 Å². The number of halogens is 1. The van der Waals surface area contributed by atoms with Gasteiger partial charge >= 0.3 is 0 Å². The largest absolute Gasteiger partial charge is 0.321 e. The average molecular weight is 203 g/mol. The van der Waals surface area contributed by atoms with Crippen LogP contribution >= 0.6 is 0 Å². The Morgan fingerprint density at radius 3 is 1.40 bits per heavy atom. The maximum absolute atomic E-state index is 8.52. The second-order valence-electron chi connectivity index (χ2n) is 0.201. The van der Waals surface area contributed by atoms with E-state index in [1.165, 1.54) is 0 Å². The Morgan fingerprint density at radius 2 is 1.40 bits per heavy atom. The Kier molecular flexibility index (Phi) is 9.30. The Hall–Kier alpha value is 0.969. The van der Waals surface area contributed by atoms with Gasteiger partial charge in [0, 0.05) is 28.6 Å². The Balaban J connectivity index is 0. The van der Waals surface area contributed by atoms with E-state index in [1.54, 1.807) is 0 Å². The fraction of sp³-hybridized carbons (Fsp3) is 0. The van der Waals surface area contributed by atoms with Crippen molar-refractivity contribution < 1.29 is 24.8 Å². The standard InChI is InChI=1S/ClHO3.Sn/c2-1(3)4;/h2H;. The maximum Gasteiger partial charge on any atom is 0.282 e. The predicted octanol–water partition coefficient (Wildman–Crippen LogP) is -3.32. The molecular weight excluding hydrogens is 202 g/mol. The van der Waals surface area contributed by atoms with Crippen LogP contribution in [0, 0.1) is 10.8 Å². The zero-order valence-corrected chi connectivity index (χ0v) is 5.75. The van der Waals surface area contributed by atoms with Gasteiger partial charge < -0.3 is 9.32 Å². The molecule has 4 radical (unpaired) electrons. The molecule has 0 aromatic carbocycles. The van der Waals surface area contributed by atoms with Crippen LogP contribution in [0.25, 0.3) is 0 Å². The molecule has 0 aliphatic heterocycles. The molecule has 0 rings (SSSR count). The molecule has 0 aromatic rings. The van der Waals surface area contributed by atoms with Gasteiger partial charge in [-0.25, -0.2) is 0 Å². The van der Waals surface area contributed by atoms with Crippen molar-refractivity contribution in [1.82, 2.24) is 0 Å². The van der Waals surface area contributed by atoms with Crippen molar-refractivity contribution in [3.8, 4) is 0 Å². The van der Waals surface area contributed by atoms with Crippen LogP contribution in [-0.2, 0) is 0 Å². The minimum atomic E-state index is -2.60. The molecule has 5 heteroatoms. The summed E-state index contributed by atoms with van der Waals surface area (Å²) in [7, 11) is -2.60. The third-order valence-corrected chi connectivity index (χ3v) is 0. The van der Waals surface area contributed by atoms with Crippen LogP contribution in [-0.4, -0.2) is 28.6 Å². The summed E-state index contributed by atoms with van der Waals surface area (Å²) in [5.41, 5.74) is 0. The normalized spacial score (nSPS) is 7.20. The van der Waals surface area contributed by atoms with Crippen molar-refractivity contribution in [2.75, 3.05) is 0 Å². The van der Waals surface area contributed by atoms with Crippen LogP contribution in [0.2, 0.25) is 0 Å². The first-order valence-electron chi connectivity index (χ1n) is 0.478. The summed E-state index contributed by atoms with van der Waals surface area (Å²) in [6.45, 7) is 0. The molecule has 3 nitrogen and oxygen atoms in total. The molecule has 0 fully saturated rings. The van der Waals surface area contributed by atoms with Gasteiger partial charge in [-0.2, -0.15) is 0 Å². The average Bonchev–Trinajstić information content (AvgIpc) is 0.811. The van der Waals surface area contributed by atoms with Gasteiger partial charge in [-0.1, -0.05) is 0 Å². The van der Waals surface area contributed by atoms with Crippen molar-refractivity contribution in [3.05, 3.63) is 0 Å². The summed E-state index contributed by atoms with van der Waals surface area (Å²) in [6, 6.07) is 0. The molecule has 0 saturated heterocycles. The molecule has 5 heavy (non-hydrogen) atoms. The van der Waals surface area contributed by atoms with Crippen LogP contribution in [0.4, 0.5) is 0 Å². The van der Waals surface area contributed by atoms with E-state index in [9.17, 15) is 0 Å². The van der Waals surface area contributed by atoms with Gasteiger partial charge in [0.2, 0.25) is 0 Å². The Labute approximate surface area is 49.0 Å². The van der Waals surface area contributed by atoms with Gasteiger partial charge in [0.05, 0.1) is 0 Å². The molecular formula is HClO3Sn. The first-order valence-corrected chi connectivity index (χ1v) is 1.43. The van der Waals surface area contributed by atoms with E-state index in [2.05, 4.69) is 0 Å². The minimum absolute atomic E-state index is 0. The molecule has 1 N–H and O–H groups in total. The van der Waals surface area contributed by atoms with Crippen molar-refractivity contribution in [2.24, 2.45) is 0 Å². The molecule has 30 valence electrons. The first-order chi connectivity index (χ1) is 1.73. The van der Waals surface area contributed by atoms with Gasteiger partial charge in [0.15, 0.2) is 0 Å². The Bertz CT molecular complexity index is 11.6. The third-order valence-electron chi connectivity index (χ3n) is 0. The summed E-state index contributed by atoms with van der Waals surface area (Å²) in [6.07, 6.45) is 0. The number of rotatable bonds is 0. The van der Waals surface area contributed by atoms with Crippen LogP contribution in [0.15, 0.2) is 0 Å². The van der Waals surface area contributed by atoms with E-state index < -0.39 is 10.8 Å². The number of hydrogen-bond donors (Lipinski definition) is 1. The molecule has 0 bridgehead atoms. The number of hydrogen-bond acceptors (Lipinski definition) is 3. The van der Waals surface area contributed by atoms with E-state index in [4.69, 9.17) is 14.0 Å². The fourth-order valence-electron chi connectivity index (χ4n) is 0. The molecule has 0 aliphatic rings. The van der Waals surface area contributed by atoms with E-state index >= 15 is 0 Å². The molecule has 0 heterocycles. The Morgan fingerprint density at radius 1 is 1.40 bits per heavy atom. The van der Waals surface area contributed by atoms with Crippen molar-refractivity contribution in [3.63, 3.8) is 0 Å². The maximum atomic E-state index is 8.52. The van der Waals surface area contributed by atoms with E-state index in [-0.39, 0.29) is 23.9 Å². The second-order valence-corrected chi connectivity index (χ2v) is 0.603. The predicted molar refractivity (Wildman–Crippen MR) is 7.97 cm³/mol. The van der Waals surface area contributed by atoms with E-state index in [0.717, 1.165) is 0 Å². The van der Waals surface area contributed by atoms with Crippen LogP contribution < -0.4 is 9.32 Å². The van der Waals surface area contributed by atoms with Gasteiger partial charge in [0.25, 0.3) is 10.8 Å². The zero-order valence-electron chi connectivity index (χ0n) is 2.14. The van der Waals surface area contributed by atoms with Gasteiger partial charge in [0.1, 0.15) is 0 Å². The summed E-state index contributed by atoms with van der Waals surface area (Å²) < 4.78 is 24.0. The second kappa shape index (κ2) is 4.97. The van der Waals surface area contributed by atoms with Crippen LogP contribution in [0.5, 0.6) is 0 Å². The summed E-state index contributed by atoms with van der Waals surface area (Å²) in [5, 5.41) is 0.